The number of carbonyl (C=O) groups excluding carboxylic acids is 3. The molecule has 3 aromatic rings. The maximum absolute atomic E-state index is 15.3. The topological polar surface area (TPSA) is 92.3 Å². The summed E-state index contributed by atoms with van der Waals surface area (Å²) in [6.07, 6.45) is 1.09. The summed E-state index contributed by atoms with van der Waals surface area (Å²) in [5.41, 5.74) is 2.70. The largest absolute Gasteiger partial charge is 0.460 e. The van der Waals surface area contributed by atoms with E-state index in [0.717, 1.165) is 27.9 Å². The quantitative estimate of drug-likeness (QED) is 0.444. The van der Waals surface area contributed by atoms with Crippen LogP contribution in [0.2, 0.25) is 0 Å². The number of rotatable bonds is 6. The van der Waals surface area contributed by atoms with Crippen LogP contribution in [0.4, 0.5) is 20.7 Å². The van der Waals surface area contributed by atoms with Gasteiger partial charge >= 0.3 is 12.1 Å². The molecule has 9 nitrogen and oxygen atoms in total. The Morgan fingerprint density at radius 1 is 1.03 bits per heavy atom. The molecule has 202 valence electrons. The Morgan fingerprint density at radius 3 is 2.46 bits per heavy atom. The van der Waals surface area contributed by atoms with Gasteiger partial charge in [0.25, 0.3) is 5.91 Å². The minimum atomic E-state index is -0.745. The van der Waals surface area contributed by atoms with Gasteiger partial charge in [0.05, 0.1) is 11.3 Å². The van der Waals surface area contributed by atoms with E-state index in [9.17, 15) is 14.4 Å². The third-order valence-electron chi connectivity index (χ3n) is 6.89. The lowest BCUT2D eigenvalue weighted by molar-refractivity contribution is 0.0475. The number of ether oxygens (including phenoxy) is 2. The van der Waals surface area contributed by atoms with Gasteiger partial charge in [0.1, 0.15) is 30.9 Å². The first-order chi connectivity index (χ1) is 18.8. The van der Waals surface area contributed by atoms with E-state index in [0.29, 0.717) is 31.7 Å². The second-order valence-corrected chi connectivity index (χ2v) is 9.66. The van der Waals surface area contributed by atoms with E-state index < -0.39 is 23.9 Å². The minimum absolute atomic E-state index is 0.0412. The van der Waals surface area contributed by atoms with E-state index in [1.165, 1.54) is 12.1 Å². The van der Waals surface area contributed by atoms with Gasteiger partial charge in [-0.15, -0.1) is 0 Å². The van der Waals surface area contributed by atoms with Crippen LogP contribution in [0, 0.1) is 19.7 Å². The lowest BCUT2D eigenvalue weighted by Crippen LogP contribution is -2.49. The number of cyclic esters (lactones) is 1. The third kappa shape index (κ3) is 5.55. The van der Waals surface area contributed by atoms with Crippen LogP contribution in [0.1, 0.15) is 31.8 Å². The number of nitrogens with zero attached hydrogens (tertiary/aromatic N) is 4. The van der Waals surface area contributed by atoms with E-state index in [4.69, 9.17) is 9.47 Å². The van der Waals surface area contributed by atoms with Crippen molar-refractivity contribution in [2.24, 2.45) is 0 Å². The van der Waals surface area contributed by atoms with Gasteiger partial charge in [-0.1, -0.05) is 24.3 Å². The Bertz CT molecular complexity index is 1390. The molecule has 1 aromatic heterocycles. The van der Waals surface area contributed by atoms with Gasteiger partial charge in [0.2, 0.25) is 0 Å². The van der Waals surface area contributed by atoms with Crippen LogP contribution in [0.15, 0.2) is 60.8 Å². The molecular weight excluding hydrogens is 503 g/mol. The minimum Gasteiger partial charge on any atom is -0.460 e. The third-order valence-corrected chi connectivity index (χ3v) is 6.89. The van der Waals surface area contributed by atoms with E-state index in [2.05, 4.69) is 16.0 Å². The maximum atomic E-state index is 15.3. The standard InChI is InChI=1S/C29H29FN4O5/c1-19-14-20(2)26(31-16-19)32-10-12-33(13-11-32)27(35)22-8-9-25(24(30)15-22)34-23(18-39-29(34)37)17-38-28(36)21-6-4-3-5-7-21/h3-9,14-16,23H,10-13,17-18H2,1-2H3/t23-/m1/s1. The molecule has 5 rings (SSSR count). The number of hydrogen-bond donors (Lipinski definition) is 0. The Morgan fingerprint density at radius 2 is 1.77 bits per heavy atom. The van der Waals surface area contributed by atoms with Crippen molar-refractivity contribution in [3.8, 4) is 0 Å². The Hall–Kier alpha value is -4.47. The first kappa shape index (κ1) is 26.1. The first-order valence-electron chi connectivity index (χ1n) is 12.8. The highest BCUT2D eigenvalue weighted by atomic mass is 19.1. The molecule has 2 aromatic carbocycles. The van der Waals surface area contributed by atoms with Crippen molar-refractivity contribution in [2.75, 3.05) is 49.2 Å². The van der Waals surface area contributed by atoms with Gasteiger partial charge in [-0.25, -0.2) is 19.0 Å². The SMILES string of the molecule is Cc1cnc(N2CCN(C(=O)c3ccc(N4C(=O)OC[C@H]4COC(=O)c4ccccc4)c(F)c3)CC2)c(C)c1. The van der Waals surface area contributed by atoms with Crippen molar-refractivity contribution in [3.63, 3.8) is 0 Å². The molecule has 3 heterocycles. The van der Waals surface area contributed by atoms with Crippen LogP contribution in [0.5, 0.6) is 0 Å². The van der Waals surface area contributed by atoms with Gasteiger partial charge in [-0.2, -0.15) is 0 Å². The fraction of sp³-hybridized carbons (Fsp3) is 0.310. The average molecular weight is 533 g/mol. The van der Waals surface area contributed by atoms with Gasteiger partial charge in [-0.05, 0) is 55.3 Å². The molecule has 2 aliphatic rings. The Balaban J connectivity index is 1.23. The second kappa shape index (κ2) is 11.1. The molecule has 2 fully saturated rings. The van der Waals surface area contributed by atoms with E-state index in [-0.39, 0.29) is 30.4 Å². The molecule has 0 aliphatic carbocycles. The van der Waals surface area contributed by atoms with Gasteiger partial charge < -0.3 is 19.3 Å². The van der Waals surface area contributed by atoms with E-state index >= 15 is 4.39 Å². The van der Waals surface area contributed by atoms with Crippen molar-refractivity contribution in [3.05, 3.63) is 88.9 Å². The monoisotopic (exact) mass is 532 g/mol. The molecule has 2 aliphatic heterocycles. The van der Waals surface area contributed by atoms with E-state index in [1.807, 2.05) is 20.0 Å². The number of carbonyl (C=O) groups is 3. The first-order valence-corrected chi connectivity index (χ1v) is 12.8. The molecule has 0 bridgehead atoms. The molecular formula is C29H29FN4O5. The number of benzene rings is 2. The molecule has 0 spiro atoms. The number of piperazine rings is 1. The average Bonchev–Trinajstić information content (AvgIpc) is 3.31. The summed E-state index contributed by atoms with van der Waals surface area (Å²) in [6.45, 7) is 5.98. The molecule has 0 saturated carbocycles. The Labute approximate surface area is 225 Å². The lowest BCUT2D eigenvalue weighted by atomic mass is 10.1. The molecule has 39 heavy (non-hydrogen) atoms. The van der Waals surface area contributed by atoms with Crippen LogP contribution >= 0.6 is 0 Å². The molecule has 0 unspecified atom stereocenters. The zero-order valence-electron chi connectivity index (χ0n) is 21.8. The summed E-state index contributed by atoms with van der Waals surface area (Å²) in [5, 5.41) is 0. The zero-order chi connectivity index (χ0) is 27.5. The number of esters is 1. The highest BCUT2D eigenvalue weighted by Gasteiger charge is 2.37. The summed E-state index contributed by atoms with van der Waals surface area (Å²) in [7, 11) is 0. The van der Waals surface area contributed by atoms with E-state index in [1.54, 1.807) is 35.2 Å². The summed E-state index contributed by atoms with van der Waals surface area (Å²) >= 11 is 0. The van der Waals surface area contributed by atoms with Crippen LogP contribution in [-0.4, -0.2) is 73.3 Å². The van der Waals surface area contributed by atoms with Crippen molar-refractivity contribution in [1.29, 1.82) is 0 Å². The number of aryl methyl sites for hydroxylation is 2. The fourth-order valence-electron chi connectivity index (χ4n) is 4.89. The summed E-state index contributed by atoms with van der Waals surface area (Å²) in [6, 6.07) is 13.8. The molecule has 10 heteroatoms. The van der Waals surface area contributed by atoms with Gasteiger partial charge in [0.15, 0.2) is 0 Å². The number of hydrogen-bond acceptors (Lipinski definition) is 7. The highest BCUT2D eigenvalue weighted by Crippen LogP contribution is 2.28. The predicted octanol–water partition coefficient (Wildman–Crippen LogP) is 3.98. The molecule has 2 saturated heterocycles. The lowest BCUT2D eigenvalue weighted by Gasteiger charge is -2.36. The fourth-order valence-corrected chi connectivity index (χ4v) is 4.89. The normalized spacial score (nSPS) is 17.3. The van der Waals surface area contributed by atoms with Crippen LogP contribution < -0.4 is 9.80 Å². The number of pyridine rings is 1. The van der Waals surface area contributed by atoms with Crippen LogP contribution in [0.25, 0.3) is 0 Å². The Kier molecular flexibility index (Phi) is 7.44. The maximum Gasteiger partial charge on any atom is 0.414 e. The van der Waals surface area contributed by atoms with Crippen molar-refractivity contribution < 1.29 is 28.2 Å². The summed E-state index contributed by atoms with van der Waals surface area (Å²) in [5.74, 6) is -0.669. The molecule has 2 amide bonds. The van der Waals surface area contributed by atoms with Crippen molar-refractivity contribution in [1.82, 2.24) is 9.88 Å². The van der Waals surface area contributed by atoms with Gasteiger partial charge in [-0.3, -0.25) is 9.69 Å². The number of aromatic nitrogens is 1. The van der Waals surface area contributed by atoms with Crippen LogP contribution in [-0.2, 0) is 9.47 Å². The van der Waals surface area contributed by atoms with Gasteiger partial charge in [0, 0.05) is 37.9 Å². The summed E-state index contributed by atoms with van der Waals surface area (Å²) < 4.78 is 25.7. The summed E-state index contributed by atoms with van der Waals surface area (Å²) in [4.78, 5) is 47.4. The second-order valence-electron chi connectivity index (χ2n) is 9.66. The van der Waals surface area contributed by atoms with Crippen LogP contribution in [0.3, 0.4) is 0 Å². The van der Waals surface area contributed by atoms with Crippen molar-refractivity contribution >= 4 is 29.5 Å². The number of halogens is 1. The predicted molar refractivity (Wildman–Crippen MR) is 143 cm³/mol. The smallest absolute Gasteiger partial charge is 0.414 e. The molecule has 0 radical (unpaired) electrons. The number of anilines is 2. The molecule has 0 N–H and O–H groups in total. The highest BCUT2D eigenvalue weighted by molar-refractivity contribution is 5.96. The zero-order valence-corrected chi connectivity index (χ0v) is 21.8. The number of amides is 2. The van der Waals surface area contributed by atoms with Crippen molar-refractivity contribution in [2.45, 2.75) is 19.9 Å². The molecule has 1 atom stereocenters.